The van der Waals surface area contributed by atoms with Crippen molar-refractivity contribution in [2.75, 3.05) is 46.0 Å². The number of alkyl halides is 4. The van der Waals surface area contributed by atoms with Crippen molar-refractivity contribution in [1.29, 1.82) is 0 Å². The quantitative estimate of drug-likeness (QED) is 0.606. The molecule has 0 saturated carbocycles. The highest BCUT2D eigenvalue weighted by Crippen LogP contribution is 2.38. The van der Waals surface area contributed by atoms with E-state index in [1.165, 1.54) is 4.90 Å². The van der Waals surface area contributed by atoms with Gasteiger partial charge < -0.3 is 10.5 Å². The van der Waals surface area contributed by atoms with E-state index in [2.05, 4.69) is 4.90 Å². The Kier molecular flexibility index (Phi) is 6.90. The molecule has 5 nitrogen and oxygen atoms in total. The Morgan fingerprint density at radius 3 is 2.48 bits per heavy atom. The first-order chi connectivity index (χ1) is 15.7. The molecule has 1 atom stereocenters. The number of carbonyl (C=O) groups excluding carboxylic acids is 1. The number of rotatable bonds is 8. The number of primary amides is 1. The average molecular weight is 465 g/mol. The molecule has 2 N–H and O–H groups in total. The summed E-state index contributed by atoms with van der Waals surface area (Å²) >= 11 is 0. The van der Waals surface area contributed by atoms with E-state index in [9.17, 15) is 22.4 Å². The molecule has 1 amide bonds. The topological polar surface area (TPSA) is 58.8 Å². The van der Waals surface area contributed by atoms with Crippen LogP contribution in [0.3, 0.4) is 0 Å². The van der Waals surface area contributed by atoms with E-state index in [0.717, 1.165) is 24.2 Å². The molecule has 2 aromatic rings. The molecule has 2 heterocycles. The van der Waals surface area contributed by atoms with Crippen molar-refractivity contribution in [3.05, 3.63) is 64.7 Å². The van der Waals surface area contributed by atoms with Crippen LogP contribution in [0, 0.1) is 5.92 Å². The van der Waals surface area contributed by atoms with Gasteiger partial charge in [0.05, 0.1) is 19.3 Å². The highest BCUT2D eigenvalue weighted by atomic mass is 19.4. The van der Waals surface area contributed by atoms with E-state index in [1.54, 1.807) is 42.5 Å². The molecule has 0 aromatic heterocycles. The monoisotopic (exact) mass is 465 g/mol. The van der Waals surface area contributed by atoms with Gasteiger partial charge in [0.25, 0.3) is 0 Å². The number of ether oxygens (including phenoxy) is 1. The maximum Gasteiger partial charge on any atom is 0.401 e. The Balaban J connectivity index is 1.49. The van der Waals surface area contributed by atoms with Gasteiger partial charge in [-0.1, -0.05) is 18.2 Å². The van der Waals surface area contributed by atoms with Crippen molar-refractivity contribution >= 4 is 5.91 Å². The molecule has 1 saturated heterocycles. The van der Waals surface area contributed by atoms with Gasteiger partial charge in [-0.15, -0.1) is 0 Å². The second-order valence-corrected chi connectivity index (χ2v) is 8.71. The SMILES string of the molecule is NC(=O)c1ccc2c(c1)CCN(CC(F)(F)F)C2c1ccc(OCCN2CC(CF)C2)cc1. The molecule has 33 heavy (non-hydrogen) atoms. The molecule has 2 aliphatic rings. The maximum atomic E-state index is 13.3. The summed E-state index contributed by atoms with van der Waals surface area (Å²) in [7, 11) is 0. The smallest absolute Gasteiger partial charge is 0.401 e. The first kappa shape index (κ1) is 23.5. The lowest BCUT2D eigenvalue weighted by molar-refractivity contribution is -0.150. The summed E-state index contributed by atoms with van der Waals surface area (Å²) in [4.78, 5) is 15.1. The lowest BCUT2D eigenvalue weighted by atomic mass is 9.87. The molecule has 0 radical (unpaired) electrons. The molecular formula is C24H27F4N3O2. The molecule has 2 aromatic carbocycles. The van der Waals surface area contributed by atoms with Gasteiger partial charge >= 0.3 is 6.18 Å². The van der Waals surface area contributed by atoms with Crippen LogP contribution in [0.15, 0.2) is 42.5 Å². The first-order valence-electron chi connectivity index (χ1n) is 11.0. The standard InChI is InChI=1S/C24H27F4N3O2/c25-12-16-13-30(14-16)9-10-33-20-4-1-17(2-5-20)22-21-6-3-19(23(29)32)11-18(21)7-8-31(22)15-24(26,27)28/h1-6,11,16,22H,7-10,12-15H2,(H2,29,32). The number of nitrogens with two attached hydrogens (primary N) is 1. The fourth-order valence-electron chi connectivity index (χ4n) is 4.62. The Hall–Kier alpha value is -2.65. The number of amides is 1. The molecule has 9 heteroatoms. The van der Waals surface area contributed by atoms with Crippen LogP contribution in [0.4, 0.5) is 17.6 Å². The number of hydrogen-bond acceptors (Lipinski definition) is 4. The van der Waals surface area contributed by atoms with Gasteiger partial charge in [0.15, 0.2) is 0 Å². The van der Waals surface area contributed by atoms with Gasteiger partial charge in [0.1, 0.15) is 12.4 Å². The highest BCUT2D eigenvalue weighted by Gasteiger charge is 2.37. The predicted octanol–water partition coefficient (Wildman–Crippen LogP) is 3.58. The van der Waals surface area contributed by atoms with Gasteiger partial charge in [-0.25, -0.2) is 0 Å². The maximum absolute atomic E-state index is 13.3. The van der Waals surface area contributed by atoms with E-state index in [0.29, 0.717) is 36.4 Å². The summed E-state index contributed by atoms with van der Waals surface area (Å²) in [5.41, 5.74) is 8.01. The second-order valence-electron chi connectivity index (χ2n) is 8.71. The third-order valence-corrected chi connectivity index (χ3v) is 6.26. The number of fused-ring (bicyclic) bond motifs is 1. The fraction of sp³-hybridized carbons (Fsp3) is 0.458. The zero-order valence-electron chi connectivity index (χ0n) is 18.2. The zero-order chi connectivity index (χ0) is 23.6. The van der Waals surface area contributed by atoms with E-state index >= 15 is 0 Å². The van der Waals surface area contributed by atoms with Crippen molar-refractivity contribution in [2.45, 2.75) is 18.6 Å². The molecule has 178 valence electrons. The fourth-order valence-corrected chi connectivity index (χ4v) is 4.62. The Morgan fingerprint density at radius 1 is 1.12 bits per heavy atom. The average Bonchev–Trinajstić information content (AvgIpc) is 2.74. The lowest BCUT2D eigenvalue weighted by Crippen LogP contribution is -2.49. The van der Waals surface area contributed by atoms with Crippen LogP contribution in [0.1, 0.15) is 33.1 Å². The third-order valence-electron chi connectivity index (χ3n) is 6.26. The van der Waals surface area contributed by atoms with E-state index in [4.69, 9.17) is 10.5 Å². The summed E-state index contributed by atoms with van der Waals surface area (Å²) in [5, 5.41) is 0. The van der Waals surface area contributed by atoms with Crippen LogP contribution >= 0.6 is 0 Å². The summed E-state index contributed by atoms with van der Waals surface area (Å²) < 4.78 is 58.1. The number of hydrogen-bond donors (Lipinski definition) is 1. The summed E-state index contributed by atoms with van der Waals surface area (Å²) in [6.45, 7) is 1.55. The minimum absolute atomic E-state index is 0.126. The normalized spacial score (nSPS) is 19.7. The van der Waals surface area contributed by atoms with Gasteiger partial charge in [-0.2, -0.15) is 13.2 Å². The van der Waals surface area contributed by atoms with Crippen molar-refractivity contribution in [1.82, 2.24) is 9.80 Å². The van der Waals surface area contributed by atoms with Crippen LogP contribution in [0.5, 0.6) is 5.75 Å². The van der Waals surface area contributed by atoms with Crippen molar-refractivity contribution < 1.29 is 27.1 Å². The minimum atomic E-state index is -4.33. The van der Waals surface area contributed by atoms with Crippen LogP contribution in [-0.4, -0.2) is 67.9 Å². The largest absolute Gasteiger partial charge is 0.492 e. The van der Waals surface area contributed by atoms with Gasteiger partial charge in [0.2, 0.25) is 5.91 Å². The lowest BCUT2D eigenvalue weighted by Gasteiger charge is -2.38. The molecule has 0 bridgehead atoms. The van der Waals surface area contributed by atoms with Crippen LogP contribution in [0.2, 0.25) is 0 Å². The minimum Gasteiger partial charge on any atom is -0.492 e. The van der Waals surface area contributed by atoms with Crippen molar-refractivity contribution in [3.63, 3.8) is 0 Å². The highest BCUT2D eigenvalue weighted by molar-refractivity contribution is 5.93. The number of likely N-dealkylation sites (tertiary alicyclic amines) is 1. The van der Waals surface area contributed by atoms with Crippen molar-refractivity contribution in [3.8, 4) is 5.75 Å². The Morgan fingerprint density at radius 2 is 1.85 bits per heavy atom. The second kappa shape index (κ2) is 9.69. The van der Waals surface area contributed by atoms with Crippen LogP contribution < -0.4 is 10.5 Å². The molecule has 1 unspecified atom stereocenters. The van der Waals surface area contributed by atoms with E-state index in [-0.39, 0.29) is 19.1 Å². The van der Waals surface area contributed by atoms with Gasteiger partial charge in [0, 0.05) is 37.7 Å². The molecule has 4 rings (SSSR count). The molecule has 1 fully saturated rings. The van der Waals surface area contributed by atoms with E-state index < -0.39 is 24.7 Å². The summed E-state index contributed by atoms with van der Waals surface area (Å²) in [5.74, 6) is 0.192. The third kappa shape index (κ3) is 5.65. The van der Waals surface area contributed by atoms with Crippen LogP contribution in [0.25, 0.3) is 0 Å². The number of carbonyl (C=O) groups is 1. The Labute approximate surface area is 190 Å². The summed E-state index contributed by atoms with van der Waals surface area (Å²) in [6, 6.07) is 11.4. The first-order valence-corrected chi connectivity index (χ1v) is 11.0. The predicted molar refractivity (Wildman–Crippen MR) is 116 cm³/mol. The van der Waals surface area contributed by atoms with Crippen LogP contribution in [-0.2, 0) is 6.42 Å². The number of benzene rings is 2. The summed E-state index contributed by atoms with van der Waals surface area (Å²) in [6.07, 6.45) is -3.92. The molecule has 0 spiro atoms. The number of nitrogens with zero attached hydrogens (tertiary/aromatic N) is 2. The van der Waals surface area contributed by atoms with Gasteiger partial charge in [-0.3, -0.25) is 19.0 Å². The van der Waals surface area contributed by atoms with Gasteiger partial charge in [-0.05, 0) is 47.4 Å². The zero-order valence-corrected chi connectivity index (χ0v) is 18.2. The molecule has 2 aliphatic heterocycles. The number of halogens is 4. The molecular weight excluding hydrogens is 438 g/mol. The van der Waals surface area contributed by atoms with E-state index in [1.807, 2.05) is 0 Å². The van der Waals surface area contributed by atoms with Crippen molar-refractivity contribution in [2.24, 2.45) is 11.7 Å². The Bertz CT molecular complexity index is 975. The molecule has 0 aliphatic carbocycles.